The van der Waals surface area contributed by atoms with E-state index >= 15 is 0 Å². The minimum absolute atomic E-state index is 0.137. The van der Waals surface area contributed by atoms with Crippen molar-refractivity contribution in [2.24, 2.45) is 0 Å². The van der Waals surface area contributed by atoms with Crippen LogP contribution in [-0.2, 0) is 11.0 Å². The average molecular weight is 219 g/mol. The second-order valence-corrected chi connectivity index (χ2v) is 2.74. The number of hydrogen-bond donors (Lipinski definition) is 2. The summed E-state index contributed by atoms with van der Waals surface area (Å²) in [5.41, 5.74) is 3.69. The van der Waals surface area contributed by atoms with Gasteiger partial charge in [0, 0.05) is 13.1 Å². The van der Waals surface area contributed by atoms with Crippen molar-refractivity contribution in [3.05, 3.63) is 23.9 Å². The molecule has 0 saturated heterocycles. The summed E-state index contributed by atoms with van der Waals surface area (Å²) in [5, 5.41) is 0. The highest BCUT2D eigenvalue weighted by atomic mass is 19.4. The van der Waals surface area contributed by atoms with Crippen molar-refractivity contribution in [2.45, 2.75) is 13.1 Å². The third-order valence-corrected chi connectivity index (χ3v) is 1.46. The number of amides is 1. The number of nitrogens with zero attached hydrogens (tertiary/aromatic N) is 1. The van der Waals surface area contributed by atoms with E-state index in [0.29, 0.717) is 6.20 Å². The Bertz CT molecular complexity index is 347. The fourth-order valence-electron chi connectivity index (χ4n) is 0.788. The largest absolute Gasteiger partial charge is 0.417 e. The van der Waals surface area contributed by atoms with Crippen molar-refractivity contribution < 1.29 is 18.0 Å². The fraction of sp³-hybridized carbons (Fsp3) is 0.250. The van der Waals surface area contributed by atoms with Crippen LogP contribution in [0.15, 0.2) is 18.3 Å². The van der Waals surface area contributed by atoms with Crippen LogP contribution in [0, 0.1) is 0 Å². The van der Waals surface area contributed by atoms with Gasteiger partial charge < -0.3 is 0 Å². The van der Waals surface area contributed by atoms with Gasteiger partial charge in [-0.2, -0.15) is 13.2 Å². The molecule has 0 aliphatic carbocycles. The van der Waals surface area contributed by atoms with Crippen molar-refractivity contribution in [3.63, 3.8) is 0 Å². The Labute approximate surface area is 83.5 Å². The number of aromatic nitrogens is 1. The summed E-state index contributed by atoms with van der Waals surface area (Å²) in [6.07, 6.45) is -3.72. The third kappa shape index (κ3) is 3.45. The molecule has 7 heteroatoms. The highest BCUT2D eigenvalue weighted by molar-refractivity contribution is 5.74. The number of carbonyl (C=O) groups is 1. The Hall–Kier alpha value is -1.79. The highest BCUT2D eigenvalue weighted by Gasteiger charge is 2.30. The summed E-state index contributed by atoms with van der Waals surface area (Å²) < 4.78 is 36.3. The van der Waals surface area contributed by atoms with Crippen molar-refractivity contribution in [1.29, 1.82) is 0 Å². The predicted molar refractivity (Wildman–Crippen MR) is 46.7 cm³/mol. The van der Waals surface area contributed by atoms with Crippen LogP contribution in [0.3, 0.4) is 0 Å². The van der Waals surface area contributed by atoms with Gasteiger partial charge in [0.25, 0.3) is 0 Å². The molecule has 1 rings (SSSR count). The van der Waals surface area contributed by atoms with Crippen LogP contribution < -0.4 is 10.9 Å². The van der Waals surface area contributed by atoms with Gasteiger partial charge in [-0.3, -0.25) is 15.6 Å². The van der Waals surface area contributed by atoms with E-state index in [1.54, 1.807) is 0 Å². The Balaban J connectivity index is 2.69. The van der Waals surface area contributed by atoms with Gasteiger partial charge in [-0.1, -0.05) is 0 Å². The molecule has 0 aliphatic heterocycles. The zero-order valence-corrected chi connectivity index (χ0v) is 7.72. The molecule has 0 radical (unpaired) electrons. The maximum Gasteiger partial charge on any atom is 0.417 e. The van der Waals surface area contributed by atoms with Crippen LogP contribution in [0.4, 0.5) is 19.0 Å². The fourth-order valence-corrected chi connectivity index (χ4v) is 0.788. The SMILES string of the molecule is CC(=O)NNc1ccc(C(F)(F)F)cn1. The predicted octanol–water partition coefficient (Wildman–Crippen LogP) is 1.56. The van der Waals surface area contributed by atoms with Gasteiger partial charge in [-0.25, -0.2) is 4.98 Å². The van der Waals surface area contributed by atoms with E-state index in [2.05, 4.69) is 15.8 Å². The van der Waals surface area contributed by atoms with Gasteiger partial charge in [-0.15, -0.1) is 0 Å². The lowest BCUT2D eigenvalue weighted by atomic mass is 10.3. The van der Waals surface area contributed by atoms with Crippen LogP contribution in [0.5, 0.6) is 0 Å². The van der Waals surface area contributed by atoms with Gasteiger partial charge >= 0.3 is 6.18 Å². The Morgan fingerprint density at radius 3 is 2.47 bits per heavy atom. The molecule has 0 aromatic carbocycles. The molecule has 1 amide bonds. The minimum Gasteiger partial charge on any atom is -0.282 e. The van der Waals surface area contributed by atoms with Crippen molar-refractivity contribution in [3.8, 4) is 0 Å². The number of pyridine rings is 1. The number of alkyl halides is 3. The highest BCUT2D eigenvalue weighted by Crippen LogP contribution is 2.28. The zero-order chi connectivity index (χ0) is 11.5. The molecule has 1 aromatic rings. The molecular formula is C8H8F3N3O. The second-order valence-electron chi connectivity index (χ2n) is 2.74. The molecule has 2 N–H and O–H groups in total. The van der Waals surface area contributed by atoms with Crippen molar-refractivity contribution in [2.75, 3.05) is 5.43 Å². The Kier molecular flexibility index (Phi) is 3.13. The van der Waals surface area contributed by atoms with Crippen molar-refractivity contribution >= 4 is 11.7 Å². The lowest BCUT2D eigenvalue weighted by Gasteiger charge is -2.08. The van der Waals surface area contributed by atoms with Gasteiger partial charge in [0.1, 0.15) is 5.82 Å². The summed E-state index contributed by atoms with van der Waals surface area (Å²) in [4.78, 5) is 13.9. The molecule has 0 atom stereocenters. The van der Waals surface area contributed by atoms with Gasteiger partial charge in [0.2, 0.25) is 5.91 Å². The van der Waals surface area contributed by atoms with Crippen LogP contribution in [-0.4, -0.2) is 10.9 Å². The number of hydrogen-bond acceptors (Lipinski definition) is 3. The average Bonchev–Trinajstić information content (AvgIpc) is 2.14. The lowest BCUT2D eigenvalue weighted by Crippen LogP contribution is -2.27. The molecule has 0 bridgehead atoms. The van der Waals surface area contributed by atoms with E-state index in [-0.39, 0.29) is 11.7 Å². The molecule has 0 unspecified atom stereocenters. The number of rotatable bonds is 2. The molecule has 82 valence electrons. The van der Waals surface area contributed by atoms with Crippen LogP contribution in [0.2, 0.25) is 0 Å². The Morgan fingerprint density at radius 2 is 2.07 bits per heavy atom. The number of carbonyl (C=O) groups excluding carboxylic acids is 1. The lowest BCUT2D eigenvalue weighted by molar-refractivity contribution is -0.137. The zero-order valence-electron chi connectivity index (χ0n) is 7.72. The number of halogens is 3. The van der Waals surface area contributed by atoms with E-state index in [9.17, 15) is 18.0 Å². The number of nitrogens with one attached hydrogen (secondary N) is 2. The number of hydrazine groups is 1. The molecule has 1 aromatic heterocycles. The first-order valence-electron chi connectivity index (χ1n) is 3.95. The first kappa shape index (κ1) is 11.3. The molecule has 0 spiro atoms. The first-order valence-corrected chi connectivity index (χ1v) is 3.95. The summed E-state index contributed by atoms with van der Waals surface area (Å²) in [7, 11) is 0. The summed E-state index contributed by atoms with van der Waals surface area (Å²) >= 11 is 0. The van der Waals surface area contributed by atoms with Crippen LogP contribution in [0.1, 0.15) is 12.5 Å². The van der Waals surface area contributed by atoms with Crippen LogP contribution in [0.25, 0.3) is 0 Å². The summed E-state index contributed by atoms with van der Waals surface area (Å²) in [5.74, 6) is -0.227. The molecule has 0 fully saturated rings. The molecule has 15 heavy (non-hydrogen) atoms. The van der Waals surface area contributed by atoms with Gasteiger partial charge in [0.15, 0.2) is 0 Å². The first-order chi connectivity index (χ1) is 6.89. The maximum absolute atomic E-state index is 12.1. The molecule has 1 heterocycles. The van der Waals surface area contributed by atoms with E-state index in [0.717, 1.165) is 12.1 Å². The van der Waals surface area contributed by atoms with E-state index < -0.39 is 11.7 Å². The monoisotopic (exact) mass is 219 g/mol. The molecule has 4 nitrogen and oxygen atoms in total. The maximum atomic E-state index is 12.1. The molecule has 0 saturated carbocycles. The third-order valence-electron chi connectivity index (χ3n) is 1.46. The minimum atomic E-state index is -4.40. The number of anilines is 1. The standard InChI is InChI=1S/C8H8F3N3O/c1-5(15)13-14-7-3-2-6(4-12-7)8(9,10)11/h2-4H,1H3,(H,12,14)(H,13,15). The van der Waals surface area contributed by atoms with E-state index in [1.165, 1.54) is 6.92 Å². The topological polar surface area (TPSA) is 54.0 Å². The van der Waals surface area contributed by atoms with Gasteiger partial charge in [0.05, 0.1) is 5.56 Å². The smallest absolute Gasteiger partial charge is 0.282 e. The van der Waals surface area contributed by atoms with Gasteiger partial charge in [-0.05, 0) is 12.1 Å². The van der Waals surface area contributed by atoms with E-state index in [4.69, 9.17) is 0 Å². The summed E-state index contributed by atoms with van der Waals surface area (Å²) in [6.45, 7) is 1.26. The summed E-state index contributed by atoms with van der Waals surface area (Å²) in [6, 6.07) is 2.00. The van der Waals surface area contributed by atoms with Crippen LogP contribution >= 0.6 is 0 Å². The normalized spacial score (nSPS) is 10.9. The quantitative estimate of drug-likeness (QED) is 0.742. The molecular weight excluding hydrogens is 211 g/mol. The Morgan fingerprint density at radius 1 is 1.40 bits per heavy atom. The second kappa shape index (κ2) is 4.16. The molecule has 0 aliphatic rings. The van der Waals surface area contributed by atoms with Crippen molar-refractivity contribution in [1.82, 2.24) is 10.4 Å². The van der Waals surface area contributed by atoms with E-state index in [1.807, 2.05) is 0 Å².